The summed E-state index contributed by atoms with van der Waals surface area (Å²) in [5.41, 5.74) is 17.9. The fraction of sp³-hybridized carbons (Fsp3) is 0. The molecular formula is C2H14N6O12P2W. The molecule has 23 heavy (non-hydrogen) atoms. The first kappa shape index (κ1) is 26.8. The Morgan fingerprint density at radius 1 is 0.783 bits per heavy atom. The van der Waals surface area contributed by atoms with Crippen LogP contribution < -0.4 is 22.9 Å². The molecule has 0 heterocycles. The van der Waals surface area contributed by atoms with E-state index in [-0.39, 0.29) is 11.9 Å². The molecular weight excluding hydrogens is 546 g/mol. The summed E-state index contributed by atoms with van der Waals surface area (Å²) in [4.78, 5) is 31.9. The number of hydrogen-bond acceptors (Lipinski definition) is 10. The Bertz CT molecular complexity index is 510. The normalized spacial score (nSPS) is 11.3. The van der Waals surface area contributed by atoms with Crippen molar-refractivity contribution in [3.05, 3.63) is 0 Å². The van der Waals surface area contributed by atoms with Crippen LogP contribution in [0.1, 0.15) is 0 Å². The second-order valence-corrected chi connectivity index (χ2v) is 8.76. The van der Waals surface area contributed by atoms with Crippen LogP contribution in [0.15, 0.2) is 0 Å². The average Bonchev–Trinajstić information content (AvgIpc) is 2.21. The summed E-state index contributed by atoms with van der Waals surface area (Å²) in [5.74, 6) is -0.667. The molecule has 0 aromatic rings. The summed E-state index contributed by atoms with van der Waals surface area (Å²) >= 11 is -6.57. The molecule has 0 amide bonds. The van der Waals surface area contributed by atoms with Crippen molar-refractivity contribution in [2.45, 2.75) is 0 Å². The topological polar surface area (TPSA) is 338 Å². The van der Waals surface area contributed by atoms with E-state index in [0.29, 0.717) is 0 Å². The number of guanidine groups is 2. The van der Waals surface area contributed by atoms with Gasteiger partial charge in [0.25, 0.3) is 0 Å². The van der Waals surface area contributed by atoms with Gasteiger partial charge in [-0.1, -0.05) is 0 Å². The third-order valence-corrected chi connectivity index (χ3v) is 3.44. The van der Waals surface area contributed by atoms with Crippen molar-refractivity contribution in [3.8, 4) is 0 Å². The summed E-state index contributed by atoms with van der Waals surface area (Å²) in [6, 6.07) is 0. The molecule has 0 spiro atoms. The van der Waals surface area contributed by atoms with E-state index in [1.54, 1.807) is 0 Å². The molecule has 0 aliphatic rings. The molecule has 14 N–H and O–H groups in total. The number of hydrogen-bond donors (Lipinski definition) is 10. The van der Waals surface area contributed by atoms with Crippen molar-refractivity contribution in [1.82, 2.24) is 0 Å². The van der Waals surface area contributed by atoms with E-state index in [2.05, 4.69) is 39.4 Å². The van der Waals surface area contributed by atoms with Gasteiger partial charge in [0.05, 0.1) is 0 Å². The first-order chi connectivity index (χ1) is 9.88. The first-order valence-electron chi connectivity index (χ1n) is 4.18. The molecule has 0 aliphatic carbocycles. The zero-order chi connectivity index (χ0) is 19.5. The molecule has 0 saturated carbocycles. The zero-order valence-electron chi connectivity index (χ0n) is 10.7. The van der Waals surface area contributed by atoms with Gasteiger partial charge in [-0.15, -0.1) is 0 Å². The van der Waals surface area contributed by atoms with Crippen LogP contribution in [-0.4, -0.2) is 31.5 Å². The number of nitrogens with one attached hydrogen (secondary N) is 2. The number of phosphoric acid groups is 2. The monoisotopic (exact) mass is 560 g/mol. The molecule has 0 fully saturated rings. The molecule has 0 rings (SSSR count). The molecule has 0 unspecified atom stereocenters. The van der Waals surface area contributed by atoms with E-state index in [1.165, 1.54) is 0 Å². The van der Waals surface area contributed by atoms with Crippen LogP contribution >= 0.6 is 15.6 Å². The van der Waals surface area contributed by atoms with Crippen molar-refractivity contribution in [1.29, 1.82) is 10.8 Å². The summed E-state index contributed by atoms with van der Waals surface area (Å²) in [6.45, 7) is 0. The predicted octanol–water partition coefficient (Wildman–Crippen LogP) is -3.58. The number of rotatable bonds is 6. The Hall–Kier alpha value is -1.03. The van der Waals surface area contributed by atoms with Gasteiger partial charge in [0.1, 0.15) is 0 Å². The molecule has 0 saturated heterocycles. The minimum absolute atomic E-state index is 0.333. The molecule has 0 aliphatic heterocycles. The summed E-state index contributed by atoms with van der Waals surface area (Å²) in [7, 11) is -10.5. The predicted molar refractivity (Wildman–Crippen MR) is 62.0 cm³/mol. The van der Waals surface area contributed by atoms with Crippen molar-refractivity contribution < 1.29 is 68.7 Å². The zero-order valence-corrected chi connectivity index (χ0v) is 15.4. The maximum absolute atomic E-state index is 10.5. The van der Waals surface area contributed by atoms with Crippen LogP contribution in [0.5, 0.6) is 0 Å². The average molecular weight is 560 g/mol. The van der Waals surface area contributed by atoms with Crippen LogP contribution in [0.3, 0.4) is 0 Å². The molecule has 0 aromatic heterocycles. The van der Waals surface area contributed by atoms with Crippen LogP contribution in [0.25, 0.3) is 0 Å². The van der Waals surface area contributed by atoms with Gasteiger partial charge in [-0.2, -0.15) is 0 Å². The Labute approximate surface area is 130 Å². The van der Waals surface area contributed by atoms with E-state index >= 15 is 0 Å². The molecule has 21 heteroatoms. The van der Waals surface area contributed by atoms with E-state index in [0.717, 1.165) is 0 Å². The number of nitrogens with two attached hydrogens (primary N) is 4. The van der Waals surface area contributed by atoms with E-state index in [4.69, 9.17) is 30.4 Å². The Balaban J connectivity index is -0.000000413. The maximum atomic E-state index is 10.5. The van der Waals surface area contributed by atoms with Gasteiger partial charge in [0, 0.05) is 0 Å². The molecule has 0 bridgehead atoms. The van der Waals surface area contributed by atoms with Gasteiger partial charge in [-0.3, -0.25) is 10.8 Å². The van der Waals surface area contributed by atoms with Gasteiger partial charge in [0.2, 0.25) is 0 Å². The van der Waals surface area contributed by atoms with Gasteiger partial charge < -0.3 is 22.9 Å². The third-order valence-electron chi connectivity index (χ3n) is 0.422. The molecule has 18 nitrogen and oxygen atoms in total. The van der Waals surface area contributed by atoms with Gasteiger partial charge in [0.15, 0.2) is 11.9 Å². The first-order valence-corrected chi connectivity index (χ1v) is 12.0. The van der Waals surface area contributed by atoms with Crippen LogP contribution in [0.4, 0.5) is 0 Å². The summed E-state index contributed by atoms with van der Waals surface area (Å²) < 4.78 is 53.1. The van der Waals surface area contributed by atoms with Gasteiger partial charge >= 0.3 is 84.3 Å². The summed E-state index contributed by atoms with van der Waals surface area (Å²) in [5, 5.41) is 12.1. The van der Waals surface area contributed by atoms with Crippen molar-refractivity contribution >= 4 is 27.6 Å². The molecule has 140 valence electrons. The van der Waals surface area contributed by atoms with E-state index < -0.39 is 32.4 Å². The van der Waals surface area contributed by atoms with Crippen molar-refractivity contribution in [2.24, 2.45) is 22.9 Å². The second kappa shape index (κ2) is 11.5. The van der Waals surface area contributed by atoms with E-state index in [1.807, 2.05) is 0 Å². The minimum atomic E-state index is -6.57. The van der Waals surface area contributed by atoms with Gasteiger partial charge in [-0.25, -0.2) is 0 Å². The van der Waals surface area contributed by atoms with Crippen LogP contribution in [0, 0.1) is 10.8 Å². The standard InChI is InChI=1S/2CH5N3.2H3O5P.2O.W/c2*2-1(3)4;2*1-5-6(2,3)4;;;/h2*(H5,2,3,4);2*1H,(H2,2,3,4);;;/q;;;;;;+2/p-2. The van der Waals surface area contributed by atoms with Crippen molar-refractivity contribution in [2.75, 3.05) is 0 Å². The quantitative estimate of drug-likeness (QED) is 0.0493. The van der Waals surface area contributed by atoms with Crippen molar-refractivity contribution in [3.63, 3.8) is 0 Å². The fourth-order valence-corrected chi connectivity index (χ4v) is 3.87. The Morgan fingerprint density at radius 3 is 1.09 bits per heavy atom. The molecule has 0 aromatic carbocycles. The van der Waals surface area contributed by atoms with Crippen LogP contribution in [0.2, 0.25) is 0 Å². The summed E-state index contributed by atoms with van der Waals surface area (Å²) in [6.07, 6.45) is 0. The molecule has 0 atom stereocenters. The molecule has 0 radical (unpaired) electrons. The Morgan fingerprint density at radius 2 is 0.957 bits per heavy atom. The van der Waals surface area contributed by atoms with E-state index in [9.17, 15) is 15.9 Å². The van der Waals surface area contributed by atoms with Gasteiger partial charge in [-0.05, 0) is 0 Å². The third kappa shape index (κ3) is 44.9. The second-order valence-electron chi connectivity index (χ2n) is 2.59. The fourth-order valence-electron chi connectivity index (χ4n) is 0.165. The van der Waals surface area contributed by atoms with Crippen LogP contribution in [-0.2, 0) is 49.1 Å². The Kier molecular flexibility index (Phi) is 13.4. The SMILES string of the molecule is N=C(N)N.N=C(N)N.O=P(O)(O)O[O][W](=[O])(=[O])[O]OP(=O)(O)O.